The lowest BCUT2D eigenvalue weighted by Crippen LogP contribution is -2.28. The van der Waals surface area contributed by atoms with E-state index in [0.29, 0.717) is 13.1 Å². The Morgan fingerprint density at radius 1 is 1.08 bits per heavy atom. The van der Waals surface area contributed by atoms with Crippen LogP contribution in [-0.2, 0) is 20.0 Å². The fourth-order valence-electron chi connectivity index (χ4n) is 2.43. The largest absolute Gasteiger partial charge is 0.277 e. The first-order valence-electron chi connectivity index (χ1n) is 7.17. The average Bonchev–Trinajstić information content (AvgIpc) is 3.23. The predicted octanol–water partition coefficient (Wildman–Crippen LogP) is 2.99. The number of sulfonamides is 2. The summed E-state index contributed by atoms with van der Waals surface area (Å²) < 4.78 is 53.7. The van der Waals surface area contributed by atoms with Crippen molar-refractivity contribution in [1.29, 1.82) is 0 Å². The summed E-state index contributed by atoms with van der Waals surface area (Å²) in [5.41, 5.74) is 0.0466. The molecular formula is C14H15ClN2O4S3. The highest BCUT2D eigenvalue weighted by molar-refractivity contribution is 7.94. The molecule has 1 aliphatic heterocycles. The molecule has 1 aromatic carbocycles. The molecule has 2 aromatic rings. The minimum atomic E-state index is -3.80. The van der Waals surface area contributed by atoms with Gasteiger partial charge in [0.05, 0.1) is 15.6 Å². The number of hydrogen-bond acceptors (Lipinski definition) is 5. The minimum absolute atomic E-state index is 0.0256. The van der Waals surface area contributed by atoms with Gasteiger partial charge in [0, 0.05) is 13.1 Å². The van der Waals surface area contributed by atoms with Crippen molar-refractivity contribution in [3.63, 3.8) is 0 Å². The van der Waals surface area contributed by atoms with E-state index < -0.39 is 20.0 Å². The van der Waals surface area contributed by atoms with Crippen molar-refractivity contribution in [3.05, 3.63) is 40.7 Å². The van der Waals surface area contributed by atoms with Crippen molar-refractivity contribution >= 4 is 48.7 Å². The number of benzene rings is 1. The summed E-state index contributed by atoms with van der Waals surface area (Å²) in [5.74, 6) is 0. The van der Waals surface area contributed by atoms with Crippen molar-refractivity contribution in [2.75, 3.05) is 17.8 Å². The lowest BCUT2D eigenvalue weighted by atomic mass is 10.3. The van der Waals surface area contributed by atoms with E-state index in [4.69, 9.17) is 11.6 Å². The maximum absolute atomic E-state index is 12.6. The van der Waals surface area contributed by atoms with Gasteiger partial charge in [-0.15, -0.1) is 11.3 Å². The molecule has 130 valence electrons. The SMILES string of the molecule is O=S(=O)(Nc1cc(S(=O)(=O)N2CCCC2)ccc1Cl)c1cccs1. The van der Waals surface area contributed by atoms with E-state index >= 15 is 0 Å². The highest BCUT2D eigenvalue weighted by atomic mass is 35.5. The second-order valence-electron chi connectivity index (χ2n) is 5.29. The van der Waals surface area contributed by atoms with E-state index in [-0.39, 0.29) is 19.8 Å². The molecule has 24 heavy (non-hydrogen) atoms. The van der Waals surface area contributed by atoms with Crippen LogP contribution in [0.1, 0.15) is 12.8 Å². The summed E-state index contributed by atoms with van der Waals surface area (Å²) in [6, 6.07) is 7.12. The molecule has 10 heteroatoms. The summed E-state index contributed by atoms with van der Waals surface area (Å²) in [4.78, 5) is 0.0256. The summed E-state index contributed by atoms with van der Waals surface area (Å²) in [7, 11) is -7.44. The second kappa shape index (κ2) is 6.64. The smallest absolute Gasteiger partial charge is 0.271 e. The Bertz CT molecular complexity index is 934. The van der Waals surface area contributed by atoms with Gasteiger partial charge in [0.2, 0.25) is 10.0 Å². The Hall–Kier alpha value is -1.13. The van der Waals surface area contributed by atoms with Crippen LogP contribution in [0.3, 0.4) is 0 Å². The Kier molecular flexibility index (Phi) is 4.89. The van der Waals surface area contributed by atoms with Gasteiger partial charge in [0.15, 0.2) is 0 Å². The lowest BCUT2D eigenvalue weighted by molar-refractivity contribution is 0.477. The van der Waals surface area contributed by atoms with Crippen molar-refractivity contribution in [1.82, 2.24) is 4.31 Å². The first-order chi connectivity index (χ1) is 11.3. The van der Waals surface area contributed by atoms with Crippen LogP contribution in [0, 0.1) is 0 Å². The number of nitrogens with zero attached hydrogens (tertiary/aromatic N) is 1. The molecular weight excluding hydrogens is 392 g/mol. The molecule has 2 heterocycles. The third-order valence-electron chi connectivity index (χ3n) is 3.64. The van der Waals surface area contributed by atoms with E-state index in [9.17, 15) is 16.8 Å². The van der Waals surface area contributed by atoms with Crippen molar-refractivity contribution < 1.29 is 16.8 Å². The van der Waals surface area contributed by atoms with Gasteiger partial charge >= 0.3 is 0 Å². The van der Waals surface area contributed by atoms with Gasteiger partial charge in [-0.1, -0.05) is 17.7 Å². The van der Waals surface area contributed by atoms with Crippen molar-refractivity contribution in [3.8, 4) is 0 Å². The second-order valence-corrected chi connectivity index (χ2v) is 10.5. The monoisotopic (exact) mass is 406 g/mol. The molecule has 6 nitrogen and oxygen atoms in total. The Morgan fingerprint density at radius 3 is 2.42 bits per heavy atom. The Balaban J connectivity index is 1.95. The molecule has 1 N–H and O–H groups in total. The molecule has 0 radical (unpaired) electrons. The quantitative estimate of drug-likeness (QED) is 0.827. The highest BCUT2D eigenvalue weighted by Gasteiger charge is 2.28. The summed E-state index contributed by atoms with van der Waals surface area (Å²) >= 11 is 7.11. The first-order valence-corrected chi connectivity index (χ1v) is 11.3. The number of hydrogen-bond donors (Lipinski definition) is 1. The number of anilines is 1. The maximum atomic E-state index is 12.6. The zero-order chi connectivity index (χ0) is 17.4. The zero-order valence-electron chi connectivity index (χ0n) is 12.5. The Labute approximate surface area is 150 Å². The lowest BCUT2D eigenvalue weighted by Gasteiger charge is -2.17. The number of thiophene rings is 1. The third-order valence-corrected chi connectivity index (χ3v) is 8.63. The molecule has 1 saturated heterocycles. The number of nitrogens with one attached hydrogen (secondary N) is 1. The van der Waals surface area contributed by atoms with Gasteiger partial charge in [0.1, 0.15) is 4.21 Å². The minimum Gasteiger partial charge on any atom is -0.277 e. The first kappa shape index (κ1) is 17.7. The summed E-state index contributed by atoms with van der Waals surface area (Å²) in [5, 5.41) is 1.78. The summed E-state index contributed by atoms with van der Waals surface area (Å²) in [6.45, 7) is 0.947. The molecule has 0 amide bonds. The fraction of sp³-hybridized carbons (Fsp3) is 0.286. The van der Waals surface area contributed by atoms with E-state index in [0.717, 1.165) is 24.2 Å². The fourth-order valence-corrected chi connectivity index (χ4v) is 6.26. The molecule has 1 aliphatic rings. The number of rotatable bonds is 5. The van der Waals surface area contributed by atoms with Crippen LogP contribution in [0.4, 0.5) is 5.69 Å². The molecule has 0 saturated carbocycles. The van der Waals surface area contributed by atoms with Gasteiger partial charge in [-0.3, -0.25) is 4.72 Å². The molecule has 0 spiro atoms. The molecule has 0 aliphatic carbocycles. The van der Waals surface area contributed by atoms with Crippen LogP contribution in [0.15, 0.2) is 44.8 Å². The maximum Gasteiger partial charge on any atom is 0.271 e. The van der Waals surface area contributed by atoms with Gasteiger partial charge < -0.3 is 0 Å². The van der Waals surface area contributed by atoms with Gasteiger partial charge in [-0.2, -0.15) is 4.31 Å². The standard InChI is InChI=1S/C14H15ClN2O4S3/c15-12-6-5-11(24(20,21)17-7-1-2-8-17)10-13(12)16-23(18,19)14-4-3-9-22-14/h3-6,9-10,16H,1-2,7-8H2. The average molecular weight is 407 g/mol. The van der Waals surface area contributed by atoms with Crippen LogP contribution >= 0.6 is 22.9 Å². The topological polar surface area (TPSA) is 83.5 Å². The van der Waals surface area contributed by atoms with Crippen LogP contribution in [0.2, 0.25) is 5.02 Å². The van der Waals surface area contributed by atoms with Gasteiger partial charge in [-0.25, -0.2) is 16.8 Å². The predicted molar refractivity (Wildman–Crippen MR) is 94.6 cm³/mol. The van der Waals surface area contributed by atoms with Crippen molar-refractivity contribution in [2.45, 2.75) is 21.9 Å². The van der Waals surface area contributed by atoms with E-state index in [1.807, 2.05) is 0 Å². The van der Waals surface area contributed by atoms with E-state index in [1.54, 1.807) is 11.4 Å². The zero-order valence-corrected chi connectivity index (χ0v) is 15.7. The normalized spacial score (nSPS) is 16.4. The van der Waals surface area contributed by atoms with Crippen LogP contribution < -0.4 is 4.72 Å². The van der Waals surface area contributed by atoms with Gasteiger partial charge in [0.25, 0.3) is 10.0 Å². The molecule has 1 fully saturated rings. The highest BCUT2D eigenvalue weighted by Crippen LogP contribution is 2.30. The van der Waals surface area contributed by atoms with Crippen LogP contribution in [-0.4, -0.2) is 34.2 Å². The summed E-state index contributed by atoms with van der Waals surface area (Å²) in [6.07, 6.45) is 1.65. The van der Waals surface area contributed by atoms with Crippen LogP contribution in [0.5, 0.6) is 0 Å². The molecule has 0 unspecified atom stereocenters. The van der Waals surface area contributed by atoms with Gasteiger partial charge in [-0.05, 0) is 42.5 Å². The Morgan fingerprint density at radius 2 is 1.79 bits per heavy atom. The molecule has 3 rings (SSSR count). The number of halogens is 1. The molecule has 1 aromatic heterocycles. The van der Waals surface area contributed by atoms with Crippen molar-refractivity contribution in [2.24, 2.45) is 0 Å². The third kappa shape index (κ3) is 3.45. The molecule has 0 bridgehead atoms. The molecule has 0 atom stereocenters. The van der Waals surface area contributed by atoms with Crippen LogP contribution in [0.25, 0.3) is 0 Å². The van der Waals surface area contributed by atoms with E-state index in [2.05, 4.69) is 4.72 Å². The van der Waals surface area contributed by atoms with E-state index in [1.165, 1.54) is 28.6 Å².